The lowest BCUT2D eigenvalue weighted by Crippen LogP contribution is -2.02. The van der Waals surface area contributed by atoms with Gasteiger partial charge >= 0.3 is 5.97 Å². The van der Waals surface area contributed by atoms with E-state index in [1.807, 2.05) is 19.9 Å². The first-order valence-electron chi connectivity index (χ1n) is 6.95. The summed E-state index contributed by atoms with van der Waals surface area (Å²) in [5, 5.41) is 10.1. The summed E-state index contributed by atoms with van der Waals surface area (Å²) >= 11 is 5.85. The van der Waals surface area contributed by atoms with E-state index in [-0.39, 0.29) is 5.57 Å². The molecule has 0 atom stereocenters. The number of carbonyl (C=O) groups is 1. The second kappa shape index (κ2) is 7.14. The second-order valence-electron chi connectivity index (χ2n) is 4.82. The Balaban J connectivity index is 2.44. The molecule has 0 amide bonds. The third-order valence-corrected chi connectivity index (χ3v) is 3.46. The minimum atomic E-state index is -0.970. The topological polar surface area (TPSA) is 46.5 Å². The van der Waals surface area contributed by atoms with Crippen molar-refractivity contribution in [2.75, 3.05) is 6.61 Å². The van der Waals surface area contributed by atoms with Crippen molar-refractivity contribution in [1.82, 2.24) is 0 Å². The van der Waals surface area contributed by atoms with Crippen LogP contribution in [0.25, 0.3) is 11.6 Å². The van der Waals surface area contributed by atoms with Crippen molar-refractivity contribution in [3.05, 3.63) is 64.2 Å². The minimum absolute atomic E-state index is 0.239. The van der Waals surface area contributed by atoms with Crippen LogP contribution in [0.2, 0.25) is 5.02 Å². The molecule has 4 heteroatoms. The van der Waals surface area contributed by atoms with Crippen LogP contribution >= 0.6 is 11.6 Å². The molecule has 0 unspecified atom stereocenters. The summed E-state index contributed by atoms with van der Waals surface area (Å²) in [6.07, 6.45) is 1.64. The van der Waals surface area contributed by atoms with Gasteiger partial charge in [-0.25, -0.2) is 4.79 Å². The molecule has 0 fully saturated rings. The second-order valence-corrected chi connectivity index (χ2v) is 5.26. The monoisotopic (exact) mass is 316 g/mol. The smallest absolute Gasteiger partial charge is 0.336 e. The van der Waals surface area contributed by atoms with Gasteiger partial charge in [-0.1, -0.05) is 29.8 Å². The molecular formula is C18H17ClO3. The van der Waals surface area contributed by atoms with E-state index in [2.05, 4.69) is 0 Å². The average molecular weight is 317 g/mol. The number of aliphatic carboxylic acids is 1. The molecule has 0 aromatic heterocycles. The summed E-state index contributed by atoms with van der Waals surface area (Å²) in [5.41, 5.74) is 2.55. The number of hydrogen-bond acceptors (Lipinski definition) is 2. The Labute approximate surface area is 134 Å². The summed E-state index contributed by atoms with van der Waals surface area (Å²) < 4.78 is 5.43. The fourth-order valence-electron chi connectivity index (χ4n) is 2.18. The van der Waals surface area contributed by atoms with Crippen molar-refractivity contribution in [2.45, 2.75) is 13.8 Å². The highest BCUT2D eigenvalue weighted by Crippen LogP contribution is 2.26. The fourth-order valence-corrected chi connectivity index (χ4v) is 2.30. The summed E-state index contributed by atoms with van der Waals surface area (Å²) in [6, 6.07) is 12.4. The normalized spacial score (nSPS) is 11.3. The van der Waals surface area contributed by atoms with Crippen LogP contribution in [0.1, 0.15) is 23.6 Å². The van der Waals surface area contributed by atoms with Crippen molar-refractivity contribution in [3.8, 4) is 5.75 Å². The van der Waals surface area contributed by atoms with Crippen LogP contribution in [0.4, 0.5) is 0 Å². The first-order valence-corrected chi connectivity index (χ1v) is 7.33. The van der Waals surface area contributed by atoms with E-state index in [1.54, 1.807) is 42.5 Å². The first kappa shape index (κ1) is 16.1. The number of aryl methyl sites for hydroxylation is 1. The van der Waals surface area contributed by atoms with Gasteiger partial charge in [0.15, 0.2) is 0 Å². The Morgan fingerprint density at radius 2 is 1.91 bits per heavy atom. The van der Waals surface area contributed by atoms with Gasteiger partial charge in [-0.05, 0) is 60.9 Å². The summed E-state index contributed by atoms with van der Waals surface area (Å²) in [6.45, 7) is 4.36. The standard InChI is InChI=1S/C18H17ClO3/c1-3-22-15-8-9-16(12(2)10-15)17(18(20)21)11-13-4-6-14(19)7-5-13/h4-11H,3H2,1-2H3,(H,20,21)/b17-11-. The maximum atomic E-state index is 11.6. The van der Waals surface area contributed by atoms with Gasteiger partial charge in [-0.3, -0.25) is 0 Å². The summed E-state index contributed by atoms with van der Waals surface area (Å²) in [4.78, 5) is 11.6. The van der Waals surface area contributed by atoms with Gasteiger partial charge < -0.3 is 9.84 Å². The SMILES string of the molecule is CCOc1ccc(/C(=C/c2ccc(Cl)cc2)C(=O)O)c(C)c1. The molecule has 1 N–H and O–H groups in total. The zero-order valence-electron chi connectivity index (χ0n) is 12.5. The molecule has 2 aromatic rings. The van der Waals surface area contributed by atoms with E-state index in [4.69, 9.17) is 16.3 Å². The van der Waals surface area contributed by atoms with Crippen LogP contribution in [0.15, 0.2) is 42.5 Å². The van der Waals surface area contributed by atoms with Crippen LogP contribution < -0.4 is 4.74 Å². The molecule has 22 heavy (non-hydrogen) atoms. The van der Waals surface area contributed by atoms with Crippen molar-refractivity contribution < 1.29 is 14.6 Å². The van der Waals surface area contributed by atoms with Gasteiger partial charge in [-0.15, -0.1) is 0 Å². The van der Waals surface area contributed by atoms with E-state index in [1.165, 1.54) is 0 Å². The van der Waals surface area contributed by atoms with E-state index >= 15 is 0 Å². The Morgan fingerprint density at radius 3 is 2.45 bits per heavy atom. The summed E-state index contributed by atoms with van der Waals surface area (Å²) in [7, 11) is 0. The maximum Gasteiger partial charge on any atom is 0.336 e. The van der Waals surface area contributed by atoms with Crippen molar-refractivity contribution in [3.63, 3.8) is 0 Å². The number of carboxylic acids is 1. The van der Waals surface area contributed by atoms with Gasteiger partial charge in [0.25, 0.3) is 0 Å². The van der Waals surface area contributed by atoms with E-state index in [9.17, 15) is 9.90 Å². The highest BCUT2D eigenvalue weighted by atomic mass is 35.5. The lowest BCUT2D eigenvalue weighted by Gasteiger charge is -2.10. The molecule has 2 rings (SSSR count). The molecule has 0 spiro atoms. The van der Waals surface area contributed by atoms with Gasteiger partial charge in [0.1, 0.15) is 5.75 Å². The number of carboxylic acid groups (broad SMARTS) is 1. The Morgan fingerprint density at radius 1 is 1.23 bits per heavy atom. The van der Waals surface area contributed by atoms with E-state index in [0.29, 0.717) is 17.2 Å². The highest BCUT2D eigenvalue weighted by molar-refractivity contribution is 6.30. The quantitative estimate of drug-likeness (QED) is 0.644. The molecule has 0 saturated heterocycles. The zero-order chi connectivity index (χ0) is 16.1. The molecule has 3 nitrogen and oxygen atoms in total. The number of halogens is 1. The Kier molecular flexibility index (Phi) is 5.23. The predicted molar refractivity (Wildman–Crippen MR) is 89.3 cm³/mol. The lowest BCUT2D eigenvalue weighted by atomic mass is 9.98. The van der Waals surface area contributed by atoms with E-state index < -0.39 is 5.97 Å². The Hall–Kier alpha value is -2.26. The average Bonchev–Trinajstić information content (AvgIpc) is 2.47. The number of benzene rings is 2. The van der Waals surface area contributed by atoms with Crippen LogP contribution in [-0.4, -0.2) is 17.7 Å². The van der Waals surface area contributed by atoms with Crippen LogP contribution in [0.5, 0.6) is 5.75 Å². The first-order chi connectivity index (χ1) is 10.5. The van der Waals surface area contributed by atoms with Crippen molar-refractivity contribution in [2.24, 2.45) is 0 Å². The van der Waals surface area contributed by atoms with Gasteiger partial charge in [0.05, 0.1) is 12.2 Å². The van der Waals surface area contributed by atoms with E-state index in [0.717, 1.165) is 16.9 Å². The van der Waals surface area contributed by atoms with Gasteiger partial charge in [0, 0.05) is 5.02 Å². The molecule has 2 aromatic carbocycles. The van der Waals surface area contributed by atoms with Gasteiger partial charge in [0.2, 0.25) is 0 Å². The molecule has 114 valence electrons. The maximum absolute atomic E-state index is 11.6. The molecule has 0 saturated carbocycles. The lowest BCUT2D eigenvalue weighted by molar-refractivity contribution is -0.130. The van der Waals surface area contributed by atoms with Crippen LogP contribution in [0, 0.1) is 6.92 Å². The van der Waals surface area contributed by atoms with Crippen LogP contribution in [-0.2, 0) is 4.79 Å². The molecule has 0 aliphatic heterocycles. The van der Waals surface area contributed by atoms with Crippen LogP contribution in [0.3, 0.4) is 0 Å². The number of rotatable bonds is 5. The number of ether oxygens (including phenoxy) is 1. The minimum Gasteiger partial charge on any atom is -0.494 e. The molecule has 0 bridgehead atoms. The molecule has 0 radical (unpaired) electrons. The molecular weight excluding hydrogens is 300 g/mol. The molecule has 0 aliphatic rings. The Bertz CT molecular complexity index is 703. The zero-order valence-corrected chi connectivity index (χ0v) is 13.2. The molecule has 0 heterocycles. The summed E-state index contributed by atoms with van der Waals surface area (Å²) in [5.74, 6) is -0.234. The van der Waals surface area contributed by atoms with Crippen molar-refractivity contribution >= 4 is 29.2 Å². The highest BCUT2D eigenvalue weighted by Gasteiger charge is 2.13. The third kappa shape index (κ3) is 3.89. The number of hydrogen-bond donors (Lipinski definition) is 1. The fraction of sp³-hybridized carbons (Fsp3) is 0.167. The largest absolute Gasteiger partial charge is 0.494 e. The predicted octanol–water partition coefficient (Wildman–Crippen LogP) is 4.67. The third-order valence-electron chi connectivity index (χ3n) is 3.21. The van der Waals surface area contributed by atoms with Crippen molar-refractivity contribution in [1.29, 1.82) is 0 Å². The van der Waals surface area contributed by atoms with Gasteiger partial charge in [-0.2, -0.15) is 0 Å². The molecule has 0 aliphatic carbocycles.